The van der Waals surface area contributed by atoms with Gasteiger partial charge in [-0.05, 0) is 61.4 Å². The van der Waals surface area contributed by atoms with Crippen LogP contribution in [-0.4, -0.2) is 4.57 Å². The summed E-state index contributed by atoms with van der Waals surface area (Å²) in [6.45, 7) is 4.31. The highest BCUT2D eigenvalue weighted by Gasteiger charge is 2.31. The SMILES string of the molecule is Cc1ccccc1-n1c(-c2c(C)ccc3c2oc2c4ccccc4oc32)[n+](C)c2ccccc21. The minimum Gasteiger partial charge on any atom is -0.452 e. The summed E-state index contributed by atoms with van der Waals surface area (Å²) in [7, 11) is 2.13. The molecular formula is C30H23N2O2+. The molecule has 0 amide bonds. The summed E-state index contributed by atoms with van der Waals surface area (Å²) < 4.78 is 17.5. The number of aryl methyl sites for hydroxylation is 3. The Morgan fingerprint density at radius 3 is 2.26 bits per heavy atom. The van der Waals surface area contributed by atoms with Crippen LogP contribution >= 0.6 is 0 Å². The van der Waals surface area contributed by atoms with Crippen LogP contribution in [0.4, 0.5) is 0 Å². The summed E-state index contributed by atoms with van der Waals surface area (Å²) in [4.78, 5) is 0. The molecule has 34 heavy (non-hydrogen) atoms. The molecule has 0 unspecified atom stereocenters. The second-order valence-corrected chi connectivity index (χ2v) is 8.99. The van der Waals surface area contributed by atoms with Crippen LogP contribution in [0.3, 0.4) is 0 Å². The molecule has 0 bridgehead atoms. The first-order valence-electron chi connectivity index (χ1n) is 11.5. The molecule has 3 heterocycles. The van der Waals surface area contributed by atoms with E-state index in [4.69, 9.17) is 8.83 Å². The van der Waals surface area contributed by atoms with Crippen LogP contribution < -0.4 is 4.57 Å². The molecule has 0 aliphatic heterocycles. The van der Waals surface area contributed by atoms with E-state index in [0.29, 0.717) is 0 Å². The number of nitrogens with zero attached hydrogens (tertiary/aromatic N) is 2. The second-order valence-electron chi connectivity index (χ2n) is 8.99. The zero-order chi connectivity index (χ0) is 23.0. The Balaban J connectivity index is 1.66. The van der Waals surface area contributed by atoms with Crippen molar-refractivity contribution < 1.29 is 13.4 Å². The van der Waals surface area contributed by atoms with E-state index in [-0.39, 0.29) is 0 Å². The molecular weight excluding hydrogens is 420 g/mol. The van der Waals surface area contributed by atoms with Gasteiger partial charge in [0.15, 0.2) is 27.8 Å². The van der Waals surface area contributed by atoms with Crippen LogP contribution in [0.15, 0.2) is 93.8 Å². The Hall–Kier alpha value is -4.31. The molecule has 3 aromatic heterocycles. The van der Waals surface area contributed by atoms with Crippen molar-refractivity contribution in [2.45, 2.75) is 13.8 Å². The largest absolute Gasteiger partial charge is 0.452 e. The normalized spacial score (nSPS) is 12.0. The molecule has 0 saturated heterocycles. The van der Waals surface area contributed by atoms with Gasteiger partial charge in [0.05, 0.1) is 17.8 Å². The summed E-state index contributed by atoms with van der Waals surface area (Å²) in [5.74, 6) is 1.08. The fourth-order valence-corrected chi connectivity index (χ4v) is 5.30. The Kier molecular flexibility index (Phi) is 3.86. The first-order valence-corrected chi connectivity index (χ1v) is 11.5. The van der Waals surface area contributed by atoms with E-state index < -0.39 is 0 Å². The highest BCUT2D eigenvalue weighted by Crippen LogP contribution is 2.42. The zero-order valence-corrected chi connectivity index (χ0v) is 19.3. The number of rotatable bonds is 2. The molecule has 4 aromatic carbocycles. The predicted molar refractivity (Wildman–Crippen MR) is 136 cm³/mol. The van der Waals surface area contributed by atoms with E-state index in [2.05, 4.69) is 96.8 Å². The maximum Gasteiger partial charge on any atom is 0.298 e. The van der Waals surface area contributed by atoms with Crippen molar-refractivity contribution in [2.24, 2.45) is 7.05 Å². The third-order valence-electron chi connectivity index (χ3n) is 6.96. The van der Waals surface area contributed by atoms with Gasteiger partial charge >= 0.3 is 0 Å². The topological polar surface area (TPSA) is 35.1 Å². The van der Waals surface area contributed by atoms with Gasteiger partial charge in [0.2, 0.25) is 0 Å². The van der Waals surface area contributed by atoms with Crippen LogP contribution in [0.5, 0.6) is 0 Å². The van der Waals surface area contributed by atoms with Gasteiger partial charge < -0.3 is 8.83 Å². The quantitative estimate of drug-likeness (QED) is 0.261. The third-order valence-corrected chi connectivity index (χ3v) is 6.96. The van der Waals surface area contributed by atoms with Gasteiger partial charge in [0.25, 0.3) is 5.82 Å². The molecule has 4 nitrogen and oxygen atoms in total. The summed E-state index contributed by atoms with van der Waals surface area (Å²) in [6.07, 6.45) is 0. The van der Waals surface area contributed by atoms with Crippen LogP contribution in [0.25, 0.3) is 61.2 Å². The Labute approximate surface area is 196 Å². The van der Waals surface area contributed by atoms with Crippen molar-refractivity contribution >= 4 is 44.1 Å². The predicted octanol–water partition coefficient (Wildman–Crippen LogP) is 7.38. The second kappa shape index (κ2) is 6.84. The number of benzene rings is 4. The molecule has 0 aliphatic carbocycles. The Morgan fingerprint density at radius 1 is 0.647 bits per heavy atom. The van der Waals surface area contributed by atoms with Gasteiger partial charge in [-0.2, -0.15) is 4.57 Å². The van der Waals surface area contributed by atoms with Crippen molar-refractivity contribution in [1.29, 1.82) is 0 Å². The summed E-state index contributed by atoms with van der Waals surface area (Å²) in [5, 5.41) is 1.99. The molecule has 0 spiro atoms. The van der Waals surface area contributed by atoms with Crippen molar-refractivity contribution in [3.8, 4) is 17.1 Å². The number of fused-ring (bicyclic) bond motifs is 6. The van der Waals surface area contributed by atoms with Crippen LogP contribution in [0.2, 0.25) is 0 Å². The lowest BCUT2D eigenvalue weighted by Crippen LogP contribution is -2.30. The number of furan rings is 2. The molecule has 0 fully saturated rings. The van der Waals surface area contributed by atoms with Crippen molar-refractivity contribution in [1.82, 2.24) is 4.57 Å². The van der Waals surface area contributed by atoms with Crippen LogP contribution in [0.1, 0.15) is 11.1 Å². The zero-order valence-electron chi connectivity index (χ0n) is 19.3. The maximum absolute atomic E-state index is 6.62. The van der Waals surface area contributed by atoms with E-state index in [1.807, 2.05) is 18.2 Å². The molecule has 0 aliphatic rings. The van der Waals surface area contributed by atoms with E-state index in [1.54, 1.807) is 0 Å². The van der Waals surface area contributed by atoms with Crippen LogP contribution in [-0.2, 0) is 7.05 Å². The first kappa shape index (κ1) is 19.2. The summed E-state index contributed by atoms with van der Waals surface area (Å²) in [5.41, 5.74) is 10.2. The van der Waals surface area contributed by atoms with Gasteiger partial charge in [-0.15, -0.1) is 0 Å². The van der Waals surface area contributed by atoms with Gasteiger partial charge in [-0.1, -0.05) is 48.5 Å². The Morgan fingerprint density at radius 2 is 1.38 bits per heavy atom. The van der Waals surface area contributed by atoms with Gasteiger partial charge in [-0.25, -0.2) is 4.57 Å². The molecule has 164 valence electrons. The molecule has 0 radical (unpaired) electrons. The summed E-state index contributed by atoms with van der Waals surface area (Å²) in [6, 6.07) is 29.4. The van der Waals surface area contributed by atoms with Crippen molar-refractivity contribution in [2.75, 3.05) is 0 Å². The number of hydrogen-bond acceptors (Lipinski definition) is 2. The lowest BCUT2D eigenvalue weighted by molar-refractivity contribution is -0.633. The lowest BCUT2D eigenvalue weighted by atomic mass is 10.0. The standard InChI is InChI=1S/C30H23N2O2/c1-18-10-4-6-12-22(18)32-24-14-8-7-13-23(24)31(3)30(32)26-19(2)16-17-21-27(26)34-28-20-11-5-9-15-25(20)33-29(21)28/h4-17H,1-3H3/q+1. The fraction of sp³-hybridized carbons (Fsp3) is 0.100. The van der Waals surface area contributed by atoms with Crippen LogP contribution in [0, 0.1) is 13.8 Å². The van der Waals surface area contributed by atoms with Gasteiger partial charge in [0.1, 0.15) is 16.8 Å². The average molecular weight is 444 g/mol. The van der Waals surface area contributed by atoms with Crippen molar-refractivity contribution in [3.05, 3.63) is 96.1 Å². The van der Waals surface area contributed by atoms with Crippen molar-refractivity contribution in [3.63, 3.8) is 0 Å². The number of imidazole rings is 1. The first-order chi connectivity index (χ1) is 16.6. The number of aromatic nitrogens is 2. The molecule has 7 aromatic rings. The number of hydrogen-bond donors (Lipinski definition) is 0. The van der Waals surface area contributed by atoms with E-state index in [0.717, 1.165) is 66.8 Å². The fourth-order valence-electron chi connectivity index (χ4n) is 5.30. The minimum absolute atomic E-state index is 0.804. The van der Waals surface area contributed by atoms with Gasteiger partial charge in [-0.3, -0.25) is 0 Å². The monoisotopic (exact) mass is 443 g/mol. The molecule has 0 atom stereocenters. The number of para-hydroxylation sites is 4. The highest BCUT2D eigenvalue weighted by molar-refractivity contribution is 6.15. The highest BCUT2D eigenvalue weighted by atomic mass is 16.4. The molecule has 7 rings (SSSR count). The summed E-state index contributed by atoms with van der Waals surface area (Å²) >= 11 is 0. The smallest absolute Gasteiger partial charge is 0.298 e. The van der Waals surface area contributed by atoms with E-state index in [9.17, 15) is 0 Å². The third kappa shape index (κ3) is 2.45. The average Bonchev–Trinajstić information content (AvgIpc) is 3.48. The minimum atomic E-state index is 0.804. The molecule has 0 saturated carbocycles. The van der Waals surface area contributed by atoms with E-state index in [1.165, 1.54) is 5.56 Å². The lowest BCUT2D eigenvalue weighted by Gasteiger charge is -2.09. The Bertz CT molecular complexity index is 1900. The van der Waals surface area contributed by atoms with Gasteiger partial charge in [0, 0.05) is 0 Å². The molecule has 0 N–H and O–H groups in total. The van der Waals surface area contributed by atoms with E-state index >= 15 is 0 Å². The maximum atomic E-state index is 6.62. The molecule has 4 heteroatoms.